The van der Waals surface area contributed by atoms with Crippen LogP contribution in [-0.4, -0.2) is 60.8 Å². The van der Waals surface area contributed by atoms with E-state index in [0.717, 1.165) is 12.8 Å². The van der Waals surface area contributed by atoms with E-state index in [-0.39, 0.29) is 23.7 Å². The summed E-state index contributed by atoms with van der Waals surface area (Å²) in [4.78, 5) is 41.7. The van der Waals surface area contributed by atoms with Crippen molar-refractivity contribution in [2.75, 3.05) is 27.2 Å². The lowest BCUT2D eigenvalue weighted by atomic mass is 9.94. The number of hydrogen-bond acceptors (Lipinski definition) is 5. The molecule has 0 unspecified atom stereocenters. The number of aromatic nitrogens is 1. The number of likely N-dealkylation sites (tertiary alicyclic amines) is 1. The number of Topliss-reactive ketones (excluding diaryl/α,β-unsaturated/α-hetero) is 1. The first-order chi connectivity index (χ1) is 11.8. The van der Waals surface area contributed by atoms with E-state index in [9.17, 15) is 14.4 Å². The van der Waals surface area contributed by atoms with Crippen molar-refractivity contribution >= 4 is 17.7 Å². The molecule has 2 rings (SSSR count). The van der Waals surface area contributed by atoms with Crippen LogP contribution in [0.4, 0.5) is 0 Å². The fourth-order valence-electron chi connectivity index (χ4n) is 3.53. The monoisotopic (exact) mass is 349 g/mol. The molecule has 1 aliphatic heterocycles. The Labute approximate surface area is 148 Å². The van der Waals surface area contributed by atoms with Crippen molar-refractivity contribution in [1.82, 2.24) is 15.2 Å². The van der Waals surface area contributed by atoms with E-state index in [2.05, 4.69) is 15.2 Å². The van der Waals surface area contributed by atoms with Gasteiger partial charge in [0, 0.05) is 18.7 Å². The third-order valence-corrected chi connectivity index (χ3v) is 5.15. The minimum atomic E-state index is -0.440. The molecule has 2 heterocycles. The standard InChI is InChI=1S/C18H27N3O4/c1-10-14(18(24)25-5)11(2)20-15(10)16(22)12(3)21-8-6-13(7-9-21)17(23)19-4/h12-13,20H,6-9H2,1-5H3,(H,19,23)/t12-/m0/s1. The molecule has 1 aliphatic rings. The maximum absolute atomic E-state index is 12.9. The molecular formula is C18H27N3O4. The SMILES string of the molecule is CNC(=O)C1CCN([C@@H](C)C(=O)c2[nH]c(C)c(C(=O)OC)c2C)CC1. The van der Waals surface area contributed by atoms with Gasteiger partial charge in [-0.05, 0) is 52.3 Å². The quantitative estimate of drug-likeness (QED) is 0.620. The molecule has 25 heavy (non-hydrogen) atoms. The Morgan fingerprint density at radius 1 is 1.24 bits per heavy atom. The Bertz CT molecular complexity index is 672. The molecule has 1 aromatic heterocycles. The molecule has 2 N–H and O–H groups in total. The molecule has 1 fully saturated rings. The Hall–Kier alpha value is -2.15. The maximum atomic E-state index is 12.9. The predicted octanol–water partition coefficient (Wildman–Crippen LogP) is 1.45. The van der Waals surface area contributed by atoms with E-state index >= 15 is 0 Å². The van der Waals surface area contributed by atoms with Crippen molar-refractivity contribution in [3.63, 3.8) is 0 Å². The van der Waals surface area contributed by atoms with Crippen LogP contribution in [0, 0.1) is 19.8 Å². The molecule has 1 aromatic rings. The lowest BCUT2D eigenvalue weighted by molar-refractivity contribution is -0.126. The fraction of sp³-hybridized carbons (Fsp3) is 0.611. The highest BCUT2D eigenvalue weighted by atomic mass is 16.5. The van der Waals surface area contributed by atoms with Gasteiger partial charge in [-0.15, -0.1) is 0 Å². The van der Waals surface area contributed by atoms with Gasteiger partial charge in [-0.1, -0.05) is 0 Å². The summed E-state index contributed by atoms with van der Waals surface area (Å²) in [5.74, 6) is -0.403. The number of piperidine rings is 1. The summed E-state index contributed by atoms with van der Waals surface area (Å²) in [6, 6.07) is -0.312. The summed E-state index contributed by atoms with van der Waals surface area (Å²) in [7, 11) is 2.98. The molecule has 0 bridgehead atoms. The van der Waals surface area contributed by atoms with Crippen LogP contribution in [0.15, 0.2) is 0 Å². The second-order valence-corrected chi connectivity index (χ2v) is 6.58. The van der Waals surface area contributed by atoms with Gasteiger partial charge < -0.3 is 15.0 Å². The zero-order valence-corrected chi connectivity index (χ0v) is 15.6. The van der Waals surface area contributed by atoms with Gasteiger partial charge >= 0.3 is 5.97 Å². The second kappa shape index (κ2) is 7.82. The van der Waals surface area contributed by atoms with Crippen LogP contribution < -0.4 is 5.32 Å². The van der Waals surface area contributed by atoms with Crippen LogP contribution in [-0.2, 0) is 9.53 Å². The third-order valence-electron chi connectivity index (χ3n) is 5.15. The molecule has 0 aliphatic carbocycles. The van der Waals surface area contributed by atoms with Gasteiger partial charge in [0.1, 0.15) is 0 Å². The first-order valence-electron chi connectivity index (χ1n) is 8.59. The minimum Gasteiger partial charge on any atom is -0.465 e. The number of esters is 1. The van der Waals surface area contributed by atoms with E-state index in [4.69, 9.17) is 4.74 Å². The molecule has 138 valence electrons. The van der Waals surface area contributed by atoms with Crippen LogP contribution in [0.1, 0.15) is 51.9 Å². The van der Waals surface area contributed by atoms with Gasteiger partial charge in [0.15, 0.2) is 5.78 Å². The lowest BCUT2D eigenvalue weighted by Gasteiger charge is -2.34. The summed E-state index contributed by atoms with van der Waals surface area (Å²) in [6.07, 6.45) is 1.49. The number of methoxy groups -OCH3 is 1. The van der Waals surface area contributed by atoms with Gasteiger partial charge in [0.2, 0.25) is 5.91 Å². The third kappa shape index (κ3) is 3.76. The Morgan fingerprint density at radius 2 is 1.84 bits per heavy atom. The van der Waals surface area contributed by atoms with Crippen LogP contribution in [0.2, 0.25) is 0 Å². The van der Waals surface area contributed by atoms with Crippen molar-refractivity contribution in [2.24, 2.45) is 5.92 Å². The first kappa shape index (κ1) is 19.2. The number of carbonyl (C=O) groups excluding carboxylic acids is 3. The lowest BCUT2D eigenvalue weighted by Crippen LogP contribution is -2.46. The van der Waals surface area contributed by atoms with E-state index < -0.39 is 5.97 Å². The van der Waals surface area contributed by atoms with Crippen molar-refractivity contribution in [2.45, 2.75) is 39.7 Å². The molecule has 7 nitrogen and oxygen atoms in total. The number of amides is 1. The molecule has 0 aromatic carbocycles. The number of nitrogens with one attached hydrogen (secondary N) is 2. The van der Waals surface area contributed by atoms with Crippen molar-refractivity contribution in [1.29, 1.82) is 0 Å². The summed E-state index contributed by atoms with van der Waals surface area (Å²) in [6.45, 7) is 6.79. The zero-order valence-electron chi connectivity index (χ0n) is 15.6. The normalized spacial score (nSPS) is 17.2. The summed E-state index contributed by atoms with van der Waals surface area (Å²) >= 11 is 0. The number of H-pyrrole nitrogens is 1. The maximum Gasteiger partial charge on any atom is 0.339 e. The summed E-state index contributed by atoms with van der Waals surface area (Å²) < 4.78 is 4.79. The van der Waals surface area contributed by atoms with Gasteiger partial charge in [-0.3, -0.25) is 14.5 Å². The largest absolute Gasteiger partial charge is 0.465 e. The molecular weight excluding hydrogens is 322 g/mol. The zero-order chi connectivity index (χ0) is 18.7. The first-order valence-corrected chi connectivity index (χ1v) is 8.59. The highest BCUT2D eigenvalue weighted by molar-refractivity contribution is 6.03. The highest BCUT2D eigenvalue weighted by Crippen LogP contribution is 2.24. The minimum absolute atomic E-state index is 0.0175. The highest BCUT2D eigenvalue weighted by Gasteiger charge is 2.32. The number of ether oxygens (including phenoxy) is 1. The molecule has 7 heteroatoms. The molecule has 1 atom stereocenters. The summed E-state index contributed by atoms with van der Waals surface area (Å²) in [5.41, 5.74) is 2.15. The van der Waals surface area contributed by atoms with Gasteiger partial charge in [-0.25, -0.2) is 4.79 Å². The van der Waals surface area contributed by atoms with Crippen molar-refractivity contribution in [3.8, 4) is 0 Å². The average molecular weight is 349 g/mol. The van der Waals surface area contributed by atoms with E-state index in [1.165, 1.54) is 7.11 Å². The Kier molecular flexibility index (Phi) is 6.00. The molecule has 0 saturated carbocycles. The average Bonchev–Trinajstić information content (AvgIpc) is 2.93. The number of hydrogen-bond donors (Lipinski definition) is 2. The van der Waals surface area contributed by atoms with Gasteiger partial charge in [0.05, 0.1) is 24.4 Å². The van der Waals surface area contributed by atoms with E-state index in [1.807, 2.05) is 6.92 Å². The van der Waals surface area contributed by atoms with Gasteiger partial charge in [0.25, 0.3) is 0 Å². The smallest absolute Gasteiger partial charge is 0.339 e. The van der Waals surface area contributed by atoms with Crippen LogP contribution in [0.25, 0.3) is 0 Å². The topological polar surface area (TPSA) is 91.5 Å². The van der Waals surface area contributed by atoms with Crippen LogP contribution >= 0.6 is 0 Å². The Morgan fingerprint density at radius 3 is 2.36 bits per heavy atom. The number of nitrogens with zero attached hydrogens (tertiary/aromatic N) is 1. The molecule has 0 radical (unpaired) electrons. The Balaban J connectivity index is 2.11. The van der Waals surface area contributed by atoms with Crippen LogP contribution in [0.5, 0.6) is 0 Å². The van der Waals surface area contributed by atoms with E-state index in [0.29, 0.717) is 35.6 Å². The van der Waals surface area contributed by atoms with E-state index in [1.54, 1.807) is 20.9 Å². The molecule has 0 spiro atoms. The number of rotatable bonds is 5. The fourth-order valence-corrected chi connectivity index (χ4v) is 3.53. The predicted molar refractivity (Wildman–Crippen MR) is 93.8 cm³/mol. The number of aryl methyl sites for hydroxylation is 1. The number of ketones is 1. The van der Waals surface area contributed by atoms with Crippen molar-refractivity contribution < 1.29 is 19.1 Å². The van der Waals surface area contributed by atoms with Crippen LogP contribution in [0.3, 0.4) is 0 Å². The van der Waals surface area contributed by atoms with Crippen molar-refractivity contribution in [3.05, 3.63) is 22.5 Å². The van der Waals surface area contributed by atoms with Gasteiger partial charge in [-0.2, -0.15) is 0 Å². The molecule has 1 amide bonds. The molecule has 1 saturated heterocycles. The number of aromatic amines is 1. The second-order valence-electron chi connectivity index (χ2n) is 6.58. The number of carbonyl (C=O) groups is 3. The summed E-state index contributed by atoms with van der Waals surface area (Å²) in [5, 5.41) is 2.69.